The molecule has 26 heteroatoms. The summed E-state index contributed by atoms with van der Waals surface area (Å²) < 4.78 is 0. The van der Waals surface area contributed by atoms with Crippen LogP contribution >= 0.6 is 11.8 Å². The van der Waals surface area contributed by atoms with Gasteiger partial charge in [-0.3, -0.25) is 43.3 Å². The molecule has 25 nitrogen and oxygen atoms in total. The van der Waals surface area contributed by atoms with Crippen LogP contribution in [0.1, 0.15) is 96.2 Å². The fourth-order valence-corrected chi connectivity index (χ4v) is 8.34. The summed E-state index contributed by atoms with van der Waals surface area (Å²) in [6.45, 7) is 5.42. The van der Waals surface area contributed by atoms with E-state index in [9.17, 15) is 48.3 Å². The number of nitrogens with zero attached hydrogens (tertiary/aromatic N) is 3. The van der Waals surface area contributed by atoms with Gasteiger partial charge in [0.2, 0.25) is 47.3 Å². The van der Waals surface area contributed by atoms with Gasteiger partial charge in [0.15, 0.2) is 5.96 Å². The second-order valence-corrected chi connectivity index (χ2v) is 20.5. The zero-order valence-electron chi connectivity index (χ0n) is 45.4. The van der Waals surface area contributed by atoms with E-state index in [-0.39, 0.29) is 82.2 Å². The van der Waals surface area contributed by atoms with Gasteiger partial charge in [-0.25, -0.2) is 4.98 Å². The van der Waals surface area contributed by atoms with E-state index in [0.717, 1.165) is 5.56 Å². The summed E-state index contributed by atoms with van der Waals surface area (Å²) in [5.41, 5.74) is 17.9. The van der Waals surface area contributed by atoms with Crippen LogP contribution in [0, 0.1) is 5.92 Å². The number of benzene rings is 1. The quantitative estimate of drug-likeness (QED) is 0.0149. The molecule has 1 aromatic carbocycles. The van der Waals surface area contributed by atoms with E-state index in [1.165, 1.54) is 31.2 Å². The van der Waals surface area contributed by atoms with Crippen molar-refractivity contribution in [2.24, 2.45) is 28.1 Å². The molecule has 2 rings (SSSR count). The number of hydrogen-bond donors (Lipinski definition) is 13. The van der Waals surface area contributed by atoms with Crippen LogP contribution in [0.25, 0.3) is 0 Å². The number of nitrogens with one attached hydrogen (secondary N) is 9. The molecule has 430 valence electrons. The van der Waals surface area contributed by atoms with Crippen molar-refractivity contribution >= 4 is 71.3 Å². The van der Waals surface area contributed by atoms with E-state index < -0.39 is 96.3 Å². The maximum Gasteiger partial charge on any atom is 0.243 e. The topological polar surface area (TPSA) is 392 Å². The van der Waals surface area contributed by atoms with Crippen LogP contribution in [0.4, 0.5) is 0 Å². The van der Waals surface area contributed by atoms with Gasteiger partial charge in [0.25, 0.3) is 0 Å². The molecule has 1 heterocycles. The van der Waals surface area contributed by atoms with Crippen LogP contribution in [0.2, 0.25) is 0 Å². The van der Waals surface area contributed by atoms with E-state index in [2.05, 4.69) is 57.5 Å². The normalized spacial score (nSPS) is 14.3. The summed E-state index contributed by atoms with van der Waals surface area (Å²) in [6, 6.07) is -0.445. The molecule has 0 bridgehead atoms. The average Bonchev–Trinajstić information content (AvgIpc) is 3.90. The molecule has 0 aliphatic rings. The van der Waals surface area contributed by atoms with Crippen molar-refractivity contribution < 1.29 is 48.3 Å². The first kappa shape index (κ1) is 66.5. The molecule has 0 saturated carbocycles. The summed E-state index contributed by atoms with van der Waals surface area (Å²) >= 11 is 1.47. The number of unbranched alkanes of at least 4 members (excludes halogenated alkanes) is 2. The molecule has 8 amide bonds. The van der Waals surface area contributed by atoms with Crippen LogP contribution in [-0.2, 0) is 56.0 Å². The molecule has 0 radical (unpaired) electrons. The zero-order valence-corrected chi connectivity index (χ0v) is 46.3. The monoisotopic (exact) mass is 1100 g/mol. The Morgan fingerprint density at radius 3 is 1.75 bits per heavy atom. The lowest BCUT2D eigenvalue weighted by atomic mass is 10.0. The number of imidazole rings is 1. The standard InChI is InChI=1S/C51H85N15O10S/c1-32(2)25-42(49(75)63-41(20-24-77-6)45(71)59-36(29-67)26-34-15-8-7-9-16-34)64-47(73)39(18-11-13-23-66(4)5)61-46(72)38(17-10-12-21-56-33(3)69)62-50(76)43(27-35-28-55-31-58-35)65-48(74)40(19-14-22-57-51(53)54)60-44(70)37(52)30-68/h7-9,15-16,28-29,31-32,36-43,68H,10-14,17-27,30,52H2,1-6H3,(H,55,58)(H,56,69)(H,59,71)(H,60,70)(H,61,72)(H,62,76)(H,63,75)(H,64,73)(H,65,74)(H4,53,54,57)/t36-,37-,38-,39-,40-,41-,42-,43-/m0/s1. The number of aliphatic hydroxyl groups is 1. The Hall–Kier alpha value is -6.64. The van der Waals surface area contributed by atoms with E-state index in [1.807, 2.05) is 69.4 Å². The average molecular weight is 1100 g/mol. The number of carbonyl (C=O) groups is 9. The second kappa shape index (κ2) is 37.2. The number of aromatic nitrogens is 2. The number of nitrogens with two attached hydrogens (primary N) is 3. The predicted octanol–water partition coefficient (Wildman–Crippen LogP) is -2.00. The lowest BCUT2D eigenvalue weighted by Gasteiger charge is -2.28. The number of guanidine groups is 1. The fraction of sp³-hybridized carbons (Fsp3) is 0.627. The van der Waals surface area contributed by atoms with E-state index in [4.69, 9.17) is 17.2 Å². The molecule has 0 unspecified atom stereocenters. The summed E-state index contributed by atoms with van der Waals surface area (Å²) in [7, 11) is 3.80. The third-order valence-electron chi connectivity index (χ3n) is 12.0. The van der Waals surface area contributed by atoms with Gasteiger partial charge >= 0.3 is 0 Å². The Morgan fingerprint density at radius 2 is 1.23 bits per heavy atom. The Balaban J connectivity index is 2.51. The van der Waals surface area contributed by atoms with Crippen molar-refractivity contribution in [1.82, 2.24) is 57.4 Å². The highest BCUT2D eigenvalue weighted by molar-refractivity contribution is 7.98. The minimum absolute atomic E-state index is 0.00709. The third kappa shape index (κ3) is 27.8. The van der Waals surface area contributed by atoms with Crippen LogP contribution in [0.15, 0.2) is 47.8 Å². The first-order valence-electron chi connectivity index (χ1n) is 26.1. The number of rotatable bonds is 39. The SMILES string of the molecule is CSCC[C@H](NC(=O)[C@H](CC(C)C)NC(=O)[C@H](CCCCN(C)C)NC(=O)[C@H](CCCCNC(C)=O)NC(=O)[C@H](Cc1cnc[nH]1)NC(=O)[C@H](CCCN=C(N)N)NC(=O)[C@@H](N)CO)C(=O)N[C@H](C=O)Cc1ccccc1. The first-order valence-corrected chi connectivity index (χ1v) is 27.5. The number of aldehydes is 1. The lowest BCUT2D eigenvalue weighted by Crippen LogP contribution is -2.60. The van der Waals surface area contributed by atoms with Gasteiger partial charge in [-0.2, -0.15) is 11.8 Å². The van der Waals surface area contributed by atoms with Gasteiger partial charge in [0, 0.05) is 38.3 Å². The smallest absolute Gasteiger partial charge is 0.243 e. The van der Waals surface area contributed by atoms with Gasteiger partial charge in [-0.05, 0) is 115 Å². The number of aromatic amines is 1. The van der Waals surface area contributed by atoms with Crippen molar-refractivity contribution in [2.45, 2.75) is 146 Å². The molecule has 0 aliphatic heterocycles. The first-order chi connectivity index (χ1) is 36.7. The highest BCUT2D eigenvalue weighted by atomic mass is 32.2. The maximum absolute atomic E-state index is 14.6. The van der Waals surface area contributed by atoms with Crippen LogP contribution in [-0.4, -0.2) is 180 Å². The highest BCUT2D eigenvalue weighted by Gasteiger charge is 2.34. The number of amides is 8. The zero-order chi connectivity index (χ0) is 57.3. The Morgan fingerprint density at radius 1 is 0.714 bits per heavy atom. The summed E-state index contributed by atoms with van der Waals surface area (Å²) in [4.78, 5) is 135. The predicted molar refractivity (Wildman–Crippen MR) is 294 cm³/mol. The number of aliphatic hydroxyl groups excluding tert-OH is 1. The van der Waals surface area contributed by atoms with E-state index >= 15 is 0 Å². The van der Waals surface area contributed by atoms with Crippen molar-refractivity contribution in [1.29, 1.82) is 0 Å². The number of thioether (sulfide) groups is 1. The van der Waals surface area contributed by atoms with Crippen molar-refractivity contribution in [3.8, 4) is 0 Å². The minimum atomic E-state index is -1.38. The van der Waals surface area contributed by atoms with Crippen molar-refractivity contribution in [2.75, 3.05) is 52.3 Å². The van der Waals surface area contributed by atoms with Gasteiger partial charge in [-0.15, -0.1) is 0 Å². The largest absolute Gasteiger partial charge is 0.394 e. The fourth-order valence-electron chi connectivity index (χ4n) is 7.87. The molecular formula is C51H85N15O10S. The molecule has 0 aliphatic carbocycles. The van der Waals surface area contributed by atoms with Gasteiger partial charge in [0.05, 0.1) is 19.0 Å². The molecule has 0 saturated heterocycles. The lowest BCUT2D eigenvalue weighted by molar-refractivity contribution is -0.136. The van der Waals surface area contributed by atoms with Crippen LogP contribution < -0.4 is 59.7 Å². The number of carbonyl (C=O) groups excluding carboxylic acids is 9. The van der Waals surface area contributed by atoms with Gasteiger partial charge in [0.1, 0.15) is 48.6 Å². The van der Waals surface area contributed by atoms with E-state index in [1.54, 1.807) is 0 Å². The van der Waals surface area contributed by atoms with Crippen molar-refractivity contribution in [3.05, 3.63) is 54.1 Å². The molecule has 8 atom stereocenters. The van der Waals surface area contributed by atoms with Gasteiger partial charge < -0.3 is 79.5 Å². The number of H-pyrrole nitrogens is 1. The van der Waals surface area contributed by atoms with Crippen LogP contribution in [0.3, 0.4) is 0 Å². The molecule has 0 spiro atoms. The molecule has 0 fully saturated rings. The molecule has 2 aromatic rings. The number of hydrogen-bond acceptors (Lipinski definition) is 15. The Bertz CT molecular complexity index is 2170. The second-order valence-electron chi connectivity index (χ2n) is 19.5. The Labute approximate surface area is 456 Å². The highest BCUT2D eigenvalue weighted by Crippen LogP contribution is 2.13. The van der Waals surface area contributed by atoms with Crippen molar-refractivity contribution in [3.63, 3.8) is 0 Å². The Kier molecular flexibility index (Phi) is 32.1. The minimum Gasteiger partial charge on any atom is -0.394 e. The molecular weight excluding hydrogens is 1010 g/mol. The van der Waals surface area contributed by atoms with E-state index in [0.29, 0.717) is 50.0 Å². The van der Waals surface area contributed by atoms with Gasteiger partial charge in [-0.1, -0.05) is 44.2 Å². The molecule has 1 aromatic heterocycles. The summed E-state index contributed by atoms with van der Waals surface area (Å²) in [5.74, 6) is -5.16. The molecule has 16 N–H and O–H groups in total. The summed E-state index contributed by atoms with van der Waals surface area (Å²) in [5, 5.41) is 31.4. The summed E-state index contributed by atoms with van der Waals surface area (Å²) in [6.07, 6.45) is 7.97. The van der Waals surface area contributed by atoms with Crippen LogP contribution in [0.5, 0.6) is 0 Å². The third-order valence-corrected chi connectivity index (χ3v) is 12.6. The molecule has 77 heavy (non-hydrogen) atoms. The number of aliphatic imine (C=N–C) groups is 1. The maximum atomic E-state index is 14.6.